The minimum atomic E-state index is 0.0978. The lowest BCUT2D eigenvalue weighted by molar-refractivity contribution is 0.258. The minimum absolute atomic E-state index is 0.0978. The molecule has 2 aromatic rings. The van der Waals surface area contributed by atoms with Crippen LogP contribution in [0.3, 0.4) is 0 Å². The van der Waals surface area contributed by atoms with Gasteiger partial charge in [-0.25, -0.2) is 0 Å². The number of hydrogen-bond donors (Lipinski definition) is 4. The van der Waals surface area contributed by atoms with E-state index in [1.165, 1.54) is 11.1 Å². The van der Waals surface area contributed by atoms with Crippen LogP contribution in [0, 0.1) is 23.7 Å². The molecular formula is C23H31N5. The van der Waals surface area contributed by atoms with Gasteiger partial charge in [-0.3, -0.25) is 10.8 Å². The zero-order chi connectivity index (χ0) is 20.1. The summed E-state index contributed by atoms with van der Waals surface area (Å²) in [5.74, 6) is 1.47. The van der Waals surface area contributed by atoms with Crippen LogP contribution in [-0.4, -0.2) is 36.2 Å². The minimum Gasteiger partial charge on any atom is -0.384 e. The molecule has 1 saturated heterocycles. The van der Waals surface area contributed by atoms with Gasteiger partial charge < -0.3 is 16.0 Å². The summed E-state index contributed by atoms with van der Waals surface area (Å²) >= 11 is 0. The molecule has 2 aromatic carbocycles. The number of nitrogens with one attached hydrogen (secondary N) is 3. The molecule has 1 heterocycles. The third kappa shape index (κ3) is 5.20. The van der Waals surface area contributed by atoms with Crippen LogP contribution in [0.4, 0.5) is 0 Å². The Labute approximate surface area is 168 Å². The zero-order valence-corrected chi connectivity index (χ0v) is 16.9. The van der Waals surface area contributed by atoms with Crippen LogP contribution < -0.4 is 11.1 Å². The molecule has 5 N–H and O–H groups in total. The fourth-order valence-corrected chi connectivity index (χ4v) is 3.89. The first-order valence-corrected chi connectivity index (χ1v) is 9.98. The third-order valence-electron chi connectivity index (χ3n) is 5.50. The average molecular weight is 378 g/mol. The molecule has 1 aliphatic rings. The molecule has 5 nitrogen and oxygen atoms in total. The molecule has 0 aliphatic carbocycles. The van der Waals surface area contributed by atoms with Gasteiger partial charge in [-0.1, -0.05) is 35.9 Å². The molecule has 0 unspecified atom stereocenters. The third-order valence-corrected chi connectivity index (χ3v) is 5.50. The Kier molecular flexibility index (Phi) is 6.47. The van der Waals surface area contributed by atoms with Crippen LogP contribution in [0.2, 0.25) is 0 Å². The van der Waals surface area contributed by atoms with Crippen molar-refractivity contribution >= 4 is 11.7 Å². The van der Waals surface area contributed by atoms with Gasteiger partial charge in [0.15, 0.2) is 0 Å². The molecule has 3 rings (SSSR count). The largest absolute Gasteiger partial charge is 0.384 e. The van der Waals surface area contributed by atoms with E-state index in [0.29, 0.717) is 11.8 Å². The second kappa shape index (κ2) is 9.02. The second-order valence-corrected chi connectivity index (χ2v) is 7.85. The van der Waals surface area contributed by atoms with Gasteiger partial charge in [0.25, 0.3) is 0 Å². The number of rotatable bonds is 6. The van der Waals surface area contributed by atoms with Gasteiger partial charge in [0.1, 0.15) is 5.84 Å². The Morgan fingerprint density at radius 1 is 1.11 bits per heavy atom. The maximum atomic E-state index is 7.74. The number of piperidine rings is 1. The monoisotopic (exact) mass is 377 g/mol. The van der Waals surface area contributed by atoms with Gasteiger partial charge in [0.2, 0.25) is 0 Å². The Balaban J connectivity index is 1.60. The Bertz CT molecular complexity index is 850. The molecule has 0 aromatic heterocycles. The quantitative estimate of drug-likeness (QED) is 0.457. The summed E-state index contributed by atoms with van der Waals surface area (Å²) in [5.41, 5.74) is 11.2. The fraction of sp³-hybridized carbons (Fsp3) is 0.391. The molecular weight excluding hydrogens is 346 g/mol. The molecule has 0 saturated carbocycles. The lowest BCUT2D eigenvalue weighted by atomic mass is 9.96. The van der Waals surface area contributed by atoms with Gasteiger partial charge in [0, 0.05) is 25.2 Å². The smallest absolute Gasteiger partial charge is 0.122 e. The highest BCUT2D eigenvalue weighted by Gasteiger charge is 2.18. The van der Waals surface area contributed by atoms with Crippen molar-refractivity contribution in [2.75, 3.05) is 19.6 Å². The lowest BCUT2D eigenvalue weighted by Gasteiger charge is -2.32. The van der Waals surface area contributed by atoms with Crippen molar-refractivity contribution < 1.29 is 0 Å². The first-order valence-electron chi connectivity index (χ1n) is 9.98. The number of nitrogen functional groups attached to an aromatic ring is 1. The molecule has 148 valence electrons. The zero-order valence-electron chi connectivity index (χ0n) is 16.9. The van der Waals surface area contributed by atoms with Crippen molar-refractivity contribution in [3.05, 3.63) is 59.2 Å². The van der Waals surface area contributed by atoms with Gasteiger partial charge in [0.05, 0.1) is 5.84 Å². The standard InChI is InChI=1S/C23H31N5/c1-16-10-19(15-27-14-18-6-8-28(9-7-18)17(2)24)12-22(11-16)20-4-3-5-21(13-20)23(25)26/h3-5,10-13,18,24,27H,6-9,14-15H2,1-2H3,(H3,25,26). The van der Waals surface area contributed by atoms with E-state index in [4.69, 9.17) is 16.6 Å². The van der Waals surface area contributed by atoms with Crippen molar-refractivity contribution in [2.24, 2.45) is 11.7 Å². The first kappa shape index (κ1) is 20.1. The van der Waals surface area contributed by atoms with E-state index in [1.54, 1.807) is 0 Å². The van der Waals surface area contributed by atoms with Crippen molar-refractivity contribution in [1.29, 1.82) is 10.8 Å². The number of aryl methyl sites for hydroxylation is 1. The van der Waals surface area contributed by atoms with Gasteiger partial charge >= 0.3 is 0 Å². The van der Waals surface area contributed by atoms with Gasteiger partial charge in [-0.2, -0.15) is 0 Å². The fourth-order valence-electron chi connectivity index (χ4n) is 3.89. The van der Waals surface area contributed by atoms with Crippen molar-refractivity contribution in [2.45, 2.75) is 33.2 Å². The summed E-state index contributed by atoms with van der Waals surface area (Å²) in [5, 5.41) is 19.0. The maximum Gasteiger partial charge on any atom is 0.122 e. The summed E-state index contributed by atoms with van der Waals surface area (Å²) in [6.45, 7) is 7.88. The predicted molar refractivity (Wildman–Crippen MR) is 117 cm³/mol. The van der Waals surface area contributed by atoms with Gasteiger partial charge in [-0.05, 0) is 68.0 Å². The lowest BCUT2D eigenvalue weighted by Crippen LogP contribution is -2.39. The summed E-state index contributed by atoms with van der Waals surface area (Å²) in [6, 6.07) is 14.5. The van der Waals surface area contributed by atoms with E-state index >= 15 is 0 Å². The first-order chi connectivity index (χ1) is 13.4. The van der Waals surface area contributed by atoms with Crippen LogP contribution in [0.1, 0.15) is 36.5 Å². The molecule has 5 heteroatoms. The van der Waals surface area contributed by atoms with Crippen LogP contribution in [-0.2, 0) is 6.54 Å². The topological polar surface area (TPSA) is 89.0 Å². The second-order valence-electron chi connectivity index (χ2n) is 7.85. The number of amidine groups is 2. The number of likely N-dealkylation sites (tertiary alicyclic amines) is 1. The van der Waals surface area contributed by atoms with E-state index in [1.807, 2.05) is 25.1 Å². The SMILES string of the molecule is CC(=N)N1CCC(CNCc2cc(C)cc(-c3cccc(C(=N)N)c3)c2)CC1. The number of hydrogen-bond acceptors (Lipinski definition) is 3. The van der Waals surface area contributed by atoms with E-state index in [-0.39, 0.29) is 5.84 Å². The Morgan fingerprint density at radius 3 is 2.54 bits per heavy atom. The number of benzene rings is 2. The number of nitrogens with two attached hydrogens (primary N) is 1. The highest BCUT2D eigenvalue weighted by Crippen LogP contribution is 2.24. The summed E-state index contributed by atoms with van der Waals surface area (Å²) < 4.78 is 0. The normalized spacial score (nSPS) is 14.9. The molecule has 1 fully saturated rings. The predicted octanol–water partition coefficient (Wildman–Crippen LogP) is 3.74. The molecule has 0 amide bonds. The van der Waals surface area contributed by atoms with Crippen molar-refractivity contribution in [3.63, 3.8) is 0 Å². The summed E-state index contributed by atoms with van der Waals surface area (Å²) in [4.78, 5) is 2.17. The summed E-state index contributed by atoms with van der Waals surface area (Å²) in [6.07, 6.45) is 2.31. The van der Waals surface area contributed by atoms with Crippen LogP contribution in [0.25, 0.3) is 11.1 Å². The van der Waals surface area contributed by atoms with Crippen LogP contribution in [0.15, 0.2) is 42.5 Å². The van der Waals surface area contributed by atoms with E-state index in [0.717, 1.165) is 55.7 Å². The molecule has 1 aliphatic heterocycles. The summed E-state index contributed by atoms with van der Waals surface area (Å²) in [7, 11) is 0. The van der Waals surface area contributed by atoms with Crippen LogP contribution >= 0.6 is 0 Å². The molecule has 0 bridgehead atoms. The average Bonchev–Trinajstić information content (AvgIpc) is 2.68. The highest BCUT2D eigenvalue weighted by atomic mass is 15.2. The van der Waals surface area contributed by atoms with Crippen molar-refractivity contribution in [1.82, 2.24) is 10.2 Å². The highest BCUT2D eigenvalue weighted by molar-refractivity contribution is 5.96. The number of nitrogens with zero attached hydrogens (tertiary/aromatic N) is 1. The maximum absolute atomic E-state index is 7.74. The van der Waals surface area contributed by atoms with E-state index < -0.39 is 0 Å². The van der Waals surface area contributed by atoms with Crippen LogP contribution in [0.5, 0.6) is 0 Å². The molecule has 28 heavy (non-hydrogen) atoms. The Morgan fingerprint density at radius 2 is 1.86 bits per heavy atom. The van der Waals surface area contributed by atoms with E-state index in [9.17, 15) is 0 Å². The van der Waals surface area contributed by atoms with E-state index in [2.05, 4.69) is 41.4 Å². The van der Waals surface area contributed by atoms with Crippen molar-refractivity contribution in [3.8, 4) is 11.1 Å². The molecule has 0 spiro atoms. The molecule has 0 atom stereocenters. The Hall–Kier alpha value is -2.66. The van der Waals surface area contributed by atoms with Gasteiger partial charge in [-0.15, -0.1) is 0 Å². The molecule has 0 radical (unpaired) electrons.